The number of benzene rings is 4. The molecule has 0 bridgehead atoms. The van der Waals surface area contributed by atoms with Crippen molar-refractivity contribution in [3.63, 3.8) is 0 Å². The zero-order chi connectivity index (χ0) is 69.3. The van der Waals surface area contributed by atoms with Crippen LogP contribution in [0.4, 0.5) is 14.5 Å². The molecule has 5 aromatic rings. The number of alkyl halides is 2. The number of anilines is 1. The van der Waals surface area contributed by atoms with E-state index in [4.69, 9.17) is 29.0 Å². The van der Waals surface area contributed by atoms with Gasteiger partial charge in [0.05, 0.1) is 46.3 Å². The number of amides is 7. The number of halogens is 2. The molecule has 510 valence electrons. The number of hydrogen-bond donors (Lipinski definition) is 5. The van der Waals surface area contributed by atoms with Gasteiger partial charge in [0.25, 0.3) is 0 Å². The zero-order valence-corrected chi connectivity index (χ0v) is 55.7. The normalized spacial score (nSPS) is 17.5. The van der Waals surface area contributed by atoms with E-state index in [1.54, 1.807) is 20.0 Å². The average Bonchev–Trinajstić information content (AvgIpc) is 1.18. The third-order valence-electron chi connectivity index (χ3n) is 16.9. The summed E-state index contributed by atoms with van der Waals surface area (Å²) in [5, 5.41) is 11.1. The third kappa shape index (κ3) is 17.6. The number of ether oxygens (including phenoxy) is 3. The molecule has 5 atom stereocenters. The monoisotopic (exact) mass is 1340 g/mol. The van der Waals surface area contributed by atoms with E-state index in [0.29, 0.717) is 48.9 Å². The molecule has 0 radical (unpaired) electrons. The quantitative estimate of drug-likeness (QED) is 0.00807. The number of fused-ring (bicyclic) bond motifs is 1. The molecule has 8 rings (SSSR count). The van der Waals surface area contributed by atoms with Gasteiger partial charge in [-0.3, -0.25) is 76.1 Å². The summed E-state index contributed by atoms with van der Waals surface area (Å²) in [7, 11) is -3.99. The molecule has 7 amide bonds. The maximum atomic E-state index is 16.3. The highest BCUT2D eigenvalue weighted by Crippen LogP contribution is 2.67. The lowest BCUT2D eigenvalue weighted by atomic mass is 9.98. The zero-order valence-electron chi connectivity index (χ0n) is 54.8. The van der Waals surface area contributed by atoms with Crippen molar-refractivity contribution in [2.45, 2.75) is 169 Å². The number of primary amides is 1. The SMILES string of the molecule is C/C(=C\C(=O)N[C@H]1CCc2cccc3c2N(C1=O)[C@H](C(=O)N[C@@H](CCC(N)=O)[C@@H](C)OCc1ccc(CCCNC(=O)CCc2ccc4c(c2)n(C)c(=O)n4C2CCC(=O)NC2=O)cc1)C3)c1ccc(C(F)(F)P(=O)(OCOC(=O)C(C)(C)C)OCOC(=O)C(C)(C)C)cc1. The summed E-state index contributed by atoms with van der Waals surface area (Å²) in [4.78, 5) is 132. The Bertz CT molecular complexity index is 3850. The van der Waals surface area contributed by atoms with Crippen LogP contribution in [0.5, 0.6) is 0 Å². The van der Waals surface area contributed by atoms with E-state index in [9.17, 15) is 52.5 Å². The number of imidazole rings is 1. The summed E-state index contributed by atoms with van der Waals surface area (Å²) in [6.07, 6.45) is 3.67. The van der Waals surface area contributed by atoms with Crippen LogP contribution in [0.25, 0.3) is 16.6 Å². The number of esters is 2. The molecule has 6 N–H and O–H groups in total. The molecule has 0 spiro atoms. The van der Waals surface area contributed by atoms with E-state index in [2.05, 4.69) is 21.3 Å². The Morgan fingerprint density at radius 2 is 1.42 bits per heavy atom. The van der Waals surface area contributed by atoms with Gasteiger partial charge < -0.3 is 35.9 Å². The predicted octanol–water partition coefficient (Wildman–Crippen LogP) is 7.52. The fraction of sp³-hybridized carbons (Fsp3) is 0.471. The van der Waals surface area contributed by atoms with Gasteiger partial charge in [-0.05, 0) is 151 Å². The van der Waals surface area contributed by atoms with Crippen LogP contribution >= 0.6 is 7.60 Å². The maximum absolute atomic E-state index is 16.3. The van der Waals surface area contributed by atoms with Gasteiger partial charge >= 0.3 is 30.9 Å². The van der Waals surface area contributed by atoms with Crippen molar-refractivity contribution in [3.05, 3.63) is 140 Å². The molecule has 0 aliphatic carbocycles. The molecule has 3 aliphatic rings. The maximum Gasteiger partial charge on any atom is 0.410 e. The largest absolute Gasteiger partial charge is 0.438 e. The smallest absolute Gasteiger partial charge is 0.410 e. The lowest BCUT2D eigenvalue weighted by molar-refractivity contribution is -0.163. The average molecular weight is 1340 g/mol. The second-order valence-electron chi connectivity index (χ2n) is 26.2. The van der Waals surface area contributed by atoms with Gasteiger partial charge in [-0.15, -0.1) is 0 Å². The van der Waals surface area contributed by atoms with Crippen molar-refractivity contribution in [1.82, 2.24) is 30.4 Å². The van der Waals surface area contributed by atoms with Crippen molar-refractivity contribution in [3.8, 4) is 0 Å². The first-order valence-electron chi connectivity index (χ1n) is 31.5. The Kier molecular flexibility index (Phi) is 23.0. The highest BCUT2D eigenvalue weighted by atomic mass is 31.2. The van der Waals surface area contributed by atoms with Gasteiger partial charge in [0, 0.05) is 50.9 Å². The Labute approximate surface area is 548 Å². The molecule has 1 unspecified atom stereocenters. The minimum Gasteiger partial charge on any atom is -0.438 e. The molecule has 0 saturated carbocycles. The summed E-state index contributed by atoms with van der Waals surface area (Å²) in [6, 6.07) is 19.4. The number of nitrogens with zero attached hydrogens (tertiary/aromatic N) is 3. The number of para-hydroxylation sites is 1. The second kappa shape index (κ2) is 30.4. The van der Waals surface area contributed by atoms with Gasteiger partial charge in [-0.25, -0.2) is 4.79 Å². The number of rotatable bonds is 28. The van der Waals surface area contributed by atoms with E-state index in [0.717, 1.165) is 39.9 Å². The van der Waals surface area contributed by atoms with Gasteiger partial charge in [0.2, 0.25) is 54.9 Å². The molecule has 1 fully saturated rings. The minimum atomic E-state index is -5.61. The van der Waals surface area contributed by atoms with E-state index in [-0.39, 0.29) is 80.2 Å². The predicted molar refractivity (Wildman–Crippen MR) is 346 cm³/mol. The Hall–Kier alpha value is -8.71. The van der Waals surface area contributed by atoms with Crippen molar-refractivity contribution >= 4 is 83.2 Å². The Morgan fingerprint density at radius 1 is 0.789 bits per heavy atom. The summed E-state index contributed by atoms with van der Waals surface area (Å²) < 4.78 is 75.4. The van der Waals surface area contributed by atoms with Crippen LogP contribution in [0.3, 0.4) is 0 Å². The van der Waals surface area contributed by atoms with Gasteiger partial charge in [-0.1, -0.05) is 72.8 Å². The van der Waals surface area contributed by atoms with Gasteiger partial charge in [-0.2, -0.15) is 8.78 Å². The van der Waals surface area contributed by atoms with Crippen LogP contribution in [-0.4, -0.2) is 107 Å². The number of nitrogens with two attached hydrogens (primary N) is 1. The number of nitrogens with one attached hydrogen (secondary N) is 4. The highest BCUT2D eigenvalue weighted by molar-refractivity contribution is 7.54. The number of allylic oxidation sites excluding steroid dienone is 1. The molecular weight excluding hydrogens is 1250 g/mol. The second-order valence-corrected chi connectivity index (χ2v) is 28.2. The summed E-state index contributed by atoms with van der Waals surface area (Å²) in [6.45, 7) is 10.6. The van der Waals surface area contributed by atoms with Crippen molar-refractivity contribution < 1.29 is 79.8 Å². The molecule has 3 aliphatic heterocycles. The van der Waals surface area contributed by atoms with Crippen LogP contribution in [0, 0.1) is 10.8 Å². The first-order valence-corrected chi connectivity index (χ1v) is 33.0. The molecule has 1 aromatic heterocycles. The number of aromatic nitrogens is 2. The minimum absolute atomic E-state index is 0.0742. The molecule has 4 heterocycles. The number of hydrogen-bond acceptors (Lipinski definition) is 16. The van der Waals surface area contributed by atoms with Crippen LogP contribution in [0.1, 0.15) is 145 Å². The third-order valence-corrected chi connectivity index (χ3v) is 18.7. The highest BCUT2D eigenvalue weighted by Gasteiger charge is 2.56. The lowest BCUT2D eigenvalue weighted by Gasteiger charge is -2.31. The van der Waals surface area contributed by atoms with Gasteiger partial charge in [0.1, 0.15) is 18.1 Å². The summed E-state index contributed by atoms with van der Waals surface area (Å²) in [5.41, 5.74) is 4.47. The van der Waals surface area contributed by atoms with Crippen molar-refractivity contribution in [2.24, 2.45) is 23.6 Å². The van der Waals surface area contributed by atoms with E-state index < -0.39 is 115 Å². The number of aryl methyl sites for hydroxylation is 4. The van der Waals surface area contributed by atoms with E-state index in [1.165, 1.54) is 80.7 Å². The van der Waals surface area contributed by atoms with Crippen molar-refractivity contribution in [2.75, 3.05) is 25.0 Å². The van der Waals surface area contributed by atoms with Crippen LogP contribution < -0.4 is 37.6 Å². The molecule has 1 saturated heterocycles. The topological polar surface area (TPSA) is 321 Å². The number of carbonyl (C=O) groups is 9. The van der Waals surface area contributed by atoms with E-state index >= 15 is 8.78 Å². The molecule has 95 heavy (non-hydrogen) atoms. The first-order chi connectivity index (χ1) is 44.8. The van der Waals surface area contributed by atoms with Gasteiger partial charge in [0.15, 0.2) is 0 Å². The summed E-state index contributed by atoms with van der Waals surface area (Å²) >= 11 is 0. The fourth-order valence-electron chi connectivity index (χ4n) is 11.3. The molecule has 24 nitrogen and oxygen atoms in total. The number of carbonyl (C=O) groups excluding carboxylic acids is 9. The lowest BCUT2D eigenvalue weighted by Crippen LogP contribution is -2.56. The molecule has 27 heteroatoms. The standard InChI is InChI=1S/C68H83F2N8O16P/c1-40(45-21-24-48(25-22-45)68(69,70)95(89,93-38-91-63(86)66(3,4)5)94-39-92-64(87)67(6,7)8)34-58(82)73-50-26-23-46-13-10-14-47-36-54(78(59(46)47)62(50)85)61(84)74-49(27-30-55(71)79)41(2)90-37-44-17-15-42(16-18-44)12-11-33-72-56(80)31-20-43-19-28-51-53(35-43)76(9)65(88)77(51)52-29-32-57(81)75-60(52)83/h10,13-19,21-22,24-25,28,34-35,41,49-50,52,54H,11-12,20,23,26-27,29-33,36-39H2,1-9H3,(H2,71,79)(H,72,80)(H,73,82)(H,74,84)(H,75,81,83)/b40-34+/t41-,49+,50+,52?,54+/m1/s1. The number of imide groups is 1. The molecular formula is C68H83F2N8O16P. The van der Waals surface area contributed by atoms with Crippen LogP contribution in [0.2, 0.25) is 0 Å². The fourth-order valence-corrected chi connectivity index (χ4v) is 12.5. The van der Waals surface area contributed by atoms with Crippen LogP contribution in [0.15, 0.2) is 95.8 Å². The van der Waals surface area contributed by atoms with Crippen LogP contribution in [-0.2, 0) is 116 Å². The molecule has 4 aromatic carbocycles. The van der Waals surface area contributed by atoms with Crippen molar-refractivity contribution in [1.29, 1.82) is 0 Å². The Morgan fingerprint density at radius 3 is 2.05 bits per heavy atom. The summed E-state index contributed by atoms with van der Waals surface area (Å²) in [5.74, 6) is -5.03. The van der Waals surface area contributed by atoms with E-state index in [1.807, 2.05) is 54.6 Å². The Balaban J connectivity index is 0.836. The number of piperidine rings is 1. The first kappa shape index (κ1) is 72.1.